The number of hydrogen-bond donors (Lipinski definition) is 2. The van der Waals surface area contributed by atoms with Gasteiger partial charge in [0.1, 0.15) is 13.2 Å². The number of aryl methyl sites for hydroxylation is 1. The second-order valence-electron chi connectivity index (χ2n) is 5.09. The molecule has 2 amide bonds. The molecule has 126 valence electrons. The fourth-order valence-corrected chi connectivity index (χ4v) is 2.12. The lowest BCUT2D eigenvalue weighted by molar-refractivity contribution is -0.123. The minimum absolute atomic E-state index is 0.0470. The highest BCUT2D eigenvalue weighted by Gasteiger charge is 2.14. The number of amides is 2. The van der Waals surface area contributed by atoms with Gasteiger partial charge in [-0.2, -0.15) is 4.98 Å². The first-order valence-corrected chi connectivity index (χ1v) is 7.35. The third-order valence-electron chi connectivity index (χ3n) is 3.16. The molecule has 24 heavy (non-hydrogen) atoms. The van der Waals surface area contributed by atoms with Crippen LogP contribution in [0.4, 0.5) is 5.69 Å². The summed E-state index contributed by atoms with van der Waals surface area (Å²) in [5, 5.41) is 8.79. The third-order valence-corrected chi connectivity index (χ3v) is 3.16. The maximum atomic E-state index is 11.9. The molecule has 0 spiro atoms. The molecule has 9 nitrogen and oxygen atoms in total. The van der Waals surface area contributed by atoms with E-state index in [0.29, 0.717) is 36.3 Å². The number of anilines is 1. The van der Waals surface area contributed by atoms with Crippen LogP contribution in [-0.4, -0.2) is 41.7 Å². The minimum atomic E-state index is -0.367. The van der Waals surface area contributed by atoms with Crippen molar-refractivity contribution in [3.8, 4) is 11.5 Å². The molecule has 1 aliphatic heterocycles. The number of benzene rings is 1. The molecule has 1 aromatic heterocycles. The first-order valence-electron chi connectivity index (χ1n) is 7.35. The summed E-state index contributed by atoms with van der Waals surface area (Å²) in [6, 6.07) is 5.10. The van der Waals surface area contributed by atoms with Gasteiger partial charge in [0.05, 0.1) is 13.0 Å². The van der Waals surface area contributed by atoms with Crippen molar-refractivity contribution in [2.75, 3.05) is 25.1 Å². The summed E-state index contributed by atoms with van der Waals surface area (Å²) >= 11 is 0. The molecule has 3 rings (SSSR count). The predicted molar refractivity (Wildman–Crippen MR) is 81.8 cm³/mol. The van der Waals surface area contributed by atoms with E-state index in [1.54, 1.807) is 25.1 Å². The molecular formula is C15H16N4O5. The van der Waals surface area contributed by atoms with Gasteiger partial charge in [0.15, 0.2) is 17.3 Å². The summed E-state index contributed by atoms with van der Waals surface area (Å²) in [5.74, 6) is 1.15. The van der Waals surface area contributed by atoms with E-state index in [4.69, 9.17) is 14.0 Å². The Bertz CT molecular complexity index is 758. The molecule has 1 aromatic carbocycles. The van der Waals surface area contributed by atoms with Gasteiger partial charge >= 0.3 is 0 Å². The largest absolute Gasteiger partial charge is 0.486 e. The standard InChI is InChI=1S/C15H16N4O5/c1-9-17-13(19-24-9)7-14(20)16-8-15(21)18-10-2-3-11-12(6-10)23-5-4-22-11/h2-3,6H,4-5,7-8H2,1H3,(H,16,20)(H,18,21). The average Bonchev–Trinajstić information content (AvgIpc) is 2.98. The number of rotatable bonds is 5. The van der Waals surface area contributed by atoms with Gasteiger partial charge in [-0.25, -0.2) is 0 Å². The highest BCUT2D eigenvalue weighted by molar-refractivity contribution is 5.94. The molecule has 0 fully saturated rings. The Morgan fingerprint density at radius 3 is 2.71 bits per heavy atom. The van der Waals surface area contributed by atoms with Crippen molar-refractivity contribution < 1.29 is 23.6 Å². The van der Waals surface area contributed by atoms with Crippen LogP contribution < -0.4 is 20.1 Å². The van der Waals surface area contributed by atoms with Crippen LogP contribution in [0.5, 0.6) is 11.5 Å². The normalized spacial score (nSPS) is 12.5. The monoisotopic (exact) mass is 332 g/mol. The minimum Gasteiger partial charge on any atom is -0.486 e. The number of nitrogens with one attached hydrogen (secondary N) is 2. The predicted octanol–water partition coefficient (Wildman–Crippen LogP) is 0.447. The van der Waals surface area contributed by atoms with E-state index in [-0.39, 0.29) is 30.6 Å². The molecule has 9 heteroatoms. The van der Waals surface area contributed by atoms with E-state index in [2.05, 4.69) is 20.8 Å². The number of fused-ring (bicyclic) bond motifs is 1. The van der Waals surface area contributed by atoms with Crippen molar-refractivity contribution in [3.63, 3.8) is 0 Å². The van der Waals surface area contributed by atoms with E-state index in [9.17, 15) is 9.59 Å². The van der Waals surface area contributed by atoms with Crippen molar-refractivity contribution >= 4 is 17.5 Å². The van der Waals surface area contributed by atoms with Crippen LogP contribution in [0.25, 0.3) is 0 Å². The molecule has 0 aliphatic carbocycles. The highest BCUT2D eigenvalue weighted by atomic mass is 16.6. The lowest BCUT2D eigenvalue weighted by Gasteiger charge is -2.19. The smallest absolute Gasteiger partial charge is 0.243 e. The molecule has 2 N–H and O–H groups in total. The zero-order chi connectivity index (χ0) is 16.9. The van der Waals surface area contributed by atoms with Crippen molar-refractivity contribution in [1.29, 1.82) is 0 Å². The molecule has 0 saturated carbocycles. The summed E-state index contributed by atoms with van der Waals surface area (Å²) in [4.78, 5) is 27.5. The van der Waals surface area contributed by atoms with Gasteiger partial charge in [-0.3, -0.25) is 9.59 Å². The van der Waals surface area contributed by atoms with Crippen LogP contribution >= 0.6 is 0 Å². The first kappa shape index (κ1) is 15.8. The van der Waals surface area contributed by atoms with Gasteiger partial charge in [-0.1, -0.05) is 5.16 Å². The second-order valence-corrected chi connectivity index (χ2v) is 5.09. The van der Waals surface area contributed by atoms with Crippen LogP contribution in [0.2, 0.25) is 0 Å². The van der Waals surface area contributed by atoms with Crippen molar-refractivity contribution in [2.45, 2.75) is 13.3 Å². The summed E-state index contributed by atoms with van der Waals surface area (Å²) in [6.45, 7) is 2.44. The fourth-order valence-electron chi connectivity index (χ4n) is 2.12. The number of nitrogens with zero attached hydrogens (tertiary/aromatic N) is 2. The second kappa shape index (κ2) is 6.99. The average molecular weight is 332 g/mol. The maximum Gasteiger partial charge on any atom is 0.243 e. The number of hydrogen-bond acceptors (Lipinski definition) is 7. The molecule has 0 saturated heterocycles. The highest BCUT2D eigenvalue weighted by Crippen LogP contribution is 2.32. The van der Waals surface area contributed by atoms with Crippen LogP contribution in [0.3, 0.4) is 0 Å². The van der Waals surface area contributed by atoms with Crippen LogP contribution in [0.15, 0.2) is 22.7 Å². The Morgan fingerprint density at radius 1 is 1.17 bits per heavy atom. The van der Waals surface area contributed by atoms with E-state index in [1.165, 1.54) is 0 Å². The summed E-state index contributed by atoms with van der Waals surface area (Å²) in [6.07, 6.45) is -0.0470. The third kappa shape index (κ3) is 4.00. The fraction of sp³-hybridized carbons (Fsp3) is 0.333. The SMILES string of the molecule is Cc1nc(CC(=O)NCC(=O)Nc2ccc3c(c2)OCCO3)no1. The Morgan fingerprint density at radius 2 is 1.96 bits per heavy atom. The van der Waals surface area contributed by atoms with Crippen molar-refractivity contribution in [3.05, 3.63) is 29.9 Å². The van der Waals surface area contributed by atoms with Crippen LogP contribution in [0, 0.1) is 6.92 Å². The zero-order valence-electron chi connectivity index (χ0n) is 13.0. The van der Waals surface area contributed by atoms with Crippen molar-refractivity contribution in [1.82, 2.24) is 15.5 Å². The molecule has 0 radical (unpaired) electrons. The molecule has 0 bridgehead atoms. The lowest BCUT2D eigenvalue weighted by Crippen LogP contribution is -2.34. The van der Waals surface area contributed by atoms with E-state index >= 15 is 0 Å². The molecule has 1 aliphatic rings. The van der Waals surface area contributed by atoms with Gasteiger partial charge in [0, 0.05) is 18.7 Å². The number of ether oxygens (including phenoxy) is 2. The Labute approximate surface area is 137 Å². The van der Waals surface area contributed by atoms with Gasteiger partial charge < -0.3 is 24.6 Å². The summed E-state index contributed by atoms with van der Waals surface area (Å²) < 4.78 is 15.6. The molecule has 0 unspecified atom stereocenters. The van der Waals surface area contributed by atoms with Crippen molar-refractivity contribution in [2.24, 2.45) is 0 Å². The van der Waals surface area contributed by atoms with Gasteiger partial charge in [0.25, 0.3) is 0 Å². The topological polar surface area (TPSA) is 116 Å². The molecule has 0 atom stereocenters. The number of carbonyl (C=O) groups is 2. The number of aromatic nitrogens is 2. The van der Waals surface area contributed by atoms with E-state index < -0.39 is 0 Å². The Hall–Kier alpha value is -3.10. The number of carbonyl (C=O) groups excluding carboxylic acids is 2. The van der Waals surface area contributed by atoms with E-state index in [0.717, 1.165) is 0 Å². The zero-order valence-corrected chi connectivity index (χ0v) is 13.0. The molecule has 2 aromatic rings. The molecule has 2 heterocycles. The van der Waals surface area contributed by atoms with Gasteiger partial charge in [0.2, 0.25) is 17.7 Å². The first-order chi connectivity index (χ1) is 11.6. The van der Waals surface area contributed by atoms with Gasteiger partial charge in [-0.15, -0.1) is 0 Å². The lowest BCUT2D eigenvalue weighted by atomic mass is 10.2. The summed E-state index contributed by atoms with van der Waals surface area (Å²) in [7, 11) is 0. The summed E-state index contributed by atoms with van der Waals surface area (Å²) in [5.41, 5.74) is 0.562. The van der Waals surface area contributed by atoms with Crippen LogP contribution in [-0.2, 0) is 16.0 Å². The Kier molecular flexibility index (Phi) is 4.59. The van der Waals surface area contributed by atoms with Gasteiger partial charge in [-0.05, 0) is 12.1 Å². The quantitative estimate of drug-likeness (QED) is 0.816. The van der Waals surface area contributed by atoms with Crippen LogP contribution in [0.1, 0.15) is 11.7 Å². The molecular weight excluding hydrogens is 316 g/mol. The maximum absolute atomic E-state index is 11.9. The Balaban J connectivity index is 1.48. The van der Waals surface area contributed by atoms with E-state index in [1.807, 2.05) is 0 Å².